The van der Waals surface area contributed by atoms with E-state index >= 15 is 0 Å². The molecule has 2 N–H and O–H groups in total. The van der Waals surface area contributed by atoms with Gasteiger partial charge in [-0.3, -0.25) is 23.9 Å². The first-order chi connectivity index (χ1) is 20.9. The van der Waals surface area contributed by atoms with Gasteiger partial charge in [-0.1, -0.05) is 54.6 Å². The Labute approximate surface area is 247 Å². The fraction of sp³-hybridized carbons (Fsp3) is 0.250. The molecule has 0 amide bonds. The van der Waals surface area contributed by atoms with Crippen molar-refractivity contribution in [3.05, 3.63) is 128 Å². The van der Waals surface area contributed by atoms with E-state index < -0.39 is 23.2 Å². The maximum atomic E-state index is 12.5. The molecule has 4 aromatic rings. The second-order valence-electron chi connectivity index (χ2n) is 9.57. The summed E-state index contributed by atoms with van der Waals surface area (Å²) in [5, 5.41) is 8.59. The van der Waals surface area contributed by atoms with Gasteiger partial charge in [0.25, 0.3) is 5.56 Å². The van der Waals surface area contributed by atoms with Crippen molar-refractivity contribution in [2.45, 2.75) is 39.2 Å². The molecule has 0 spiro atoms. The van der Waals surface area contributed by atoms with Crippen LogP contribution in [0.25, 0.3) is 0 Å². The number of hydrogen-bond acceptors (Lipinski definition) is 8. The van der Waals surface area contributed by atoms with Gasteiger partial charge >= 0.3 is 17.6 Å². The Morgan fingerprint density at radius 1 is 0.767 bits per heavy atom. The smallest absolute Gasteiger partial charge is 0.330 e. The van der Waals surface area contributed by atoms with Gasteiger partial charge in [0.2, 0.25) is 0 Å². The minimum Gasteiger partial charge on any atom is -0.489 e. The van der Waals surface area contributed by atoms with E-state index in [0.29, 0.717) is 24.5 Å². The molecule has 11 heteroatoms. The van der Waals surface area contributed by atoms with Crippen molar-refractivity contribution in [1.29, 1.82) is 0 Å². The Hall–Kier alpha value is -5.16. The van der Waals surface area contributed by atoms with Crippen LogP contribution in [0, 0.1) is 0 Å². The molecule has 0 saturated carbocycles. The van der Waals surface area contributed by atoms with Crippen LogP contribution in [0.4, 0.5) is 0 Å². The largest absolute Gasteiger partial charge is 0.489 e. The van der Waals surface area contributed by atoms with E-state index in [0.717, 1.165) is 22.4 Å². The zero-order valence-corrected chi connectivity index (χ0v) is 23.4. The van der Waals surface area contributed by atoms with E-state index in [4.69, 9.17) is 24.1 Å². The van der Waals surface area contributed by atoms with Crippen molar-refractivity contribution in [1.82, 2.24) is 9.55 Å². The van der Waals surface area contributed by atoms with Gasteiger partial charge in [-0.25, -0.2) is 4.79 Å². The number of rotatable bonds is 16. The summed E-state index contributed by atoms with van der Waals surface area (Å²) in [7, 11) is 0. The number of hydrogen-bond donors (Lipinski definition) is 2. The second-order valence-corrected chi connectivity index (χ2v) is 9.57. The number of aromatic nitrogens is 2. The number of carbonyl (C=O) groups is 2. The molecule has 0 radical (unpaired) electrons. The third kappa shape index (κ3) is 10.3. The third-order valence-corrected chi connectivity index (χ3v) is 6.22. The molecule has 43 heavy (non-hydrogen) atoms. The van der Waals surface area contributed by atoms with Crippen LogP contribution in [0.3, 0.4) is 0 Å². The molecule has 0 unspecified atom stereocenters. The number of carboxylic acids is 1. The normalized spacial score (nSPS) is 10.7. The fourth-order valence-electron chi connectivity index (χ4n) is 3.99. The SMILES string of the molecule is O=C(O)CCC(=O)OCCOCn1cc(Cc2cccc(OCc3ccc(OCc4ccccc4)cc3)c2)c(=O)[nH]c1=O. The number of nitrogens with zero attached hydrogens (tertiary/aromatic N) is 1. The van der Waals surface area contributed by atoms with Crippen LogP contribution < -0.4 is 20.7 Å². The van der Waals surface area contributed by atoms with Crippen LogP contribution in [-0.2, 0) is 45.4 Å². The highest BCUT2D eigenvalue weighted by atomic mass is 16.6. The first-order valence-corrected chi connectivity index (χ1v) is 13.6. The number of aromatic amines is 1. The standard InChI is InChI=1S/C32H32N2O9/c35-29(36)13-14-30(37)41-16-15-40-22-34-19-26(31(38)33-32(34)39)17-25-7-4-8-28(18-25)43-21-24-9-11-27(12-10-24)42-20-23-5-2-1-3-6-23/h1-12,18-19H,13-17,20-22H2,(H,35,36)(H,33,38,39). The van der Waals surface area contributed by atoms with E-state index in [1.165, 1.54) is 10.8 Å². The van der Waals surface area contributed by atoms with Crippen molar-refractivity contribution in [2.24, 2.45) is 0 Å². The maximum absolute atomic E-state index is 12.5. The lowest BCUT2D eigenvalue weighted by Crippen LogP contribution is -2.32. The average molecular weight is 589 g/mol. The molecule has 3 aromatic carbocycles. The quantitative estimate of drug-likeness (QED) is 0.148. The van der Waals surface area contributed by atoms with Crippen LogP contribution in [-0.4, -0.2) is 39.8 Å². The average Bonchev–Trinajstić information content (AvgIpc) is 3.01. The number of H-pyrrole nitrogens is 1. The van der Waals surface area contributed by atoms with Gasteiger partial charge in [0.15, 0.2) is 0 Å². The Morgan fingerprint density at radius 2 is 1.47 bits per heavy atom. The molecule has 11 nitrogen and oxygen atoms in total. The Balaban J connectivity index is 1.26. The first kappa shape index (κ1) is 30.8. The summed E-state index contributed by atoms with van der Waals surface area (Å²) in [5.74, 6) is -0.341. The molecule has 224 valence electrons. The maximum Gasteiger partial charge on any atom is 0.330 e. The van der Waals surface area contributed by atoms with Gasteiger partial charge in [0.05, 0.1) is 19.4 Å². The van der Waals surface area contributed by atoms with Crippen molar-refractivity contribution in [3.63, 3.8) is 0 Å². The summed E-state index contributed by atoms with van der Waals surface area (Å²) in [6.07, 6.45) is 1.13. The number of nitrogens with one attached hydrogen (secondary N) is 1. The lowest BCUT2D eigenvalue weighted by atomic mass is 10.1. The van der Waals surface area contributed by atoms with Crippen LogP contribution in [0.5, 0.6) is 11.5 Å². The number of carboxylic acid groups (broad SMARTS) is 1. The second kappa shape index (κ2) is 15.7. The molecule has 0 aliphatic heterocycles. The number of benzene rings is 3. The highest BCUT2D eigenvalue weighted by Crippen LogP contribution is 2.19. The van der Waals surface area contributed by atoms with Gasteiger partial charge in [-0.15, -0.1) is 0 Å². The minimum absolute atomic E-state index is 0.0114. The van der Waals surface area contributed by atoms with E-state index in [1.54, 1.807) is 0 Å². The molecule has 1 aromatic heterocycles. The van der Waals surface area contributed by atoms with Crippen molar-refractivity contribution < 1.29 is 33.6 Å². The minimum atomic E-state index is -1.09. The summed E-state index contributed by atoms with van der Waals surface area (Å²) in [6.45, 7) is 0.561. The van der Waals surface area contributed by atoms with Crippen LogP contribution in [0.2, 0.25) is 0 Å². The zero-order valence-electron chi connectivity index (χ0n) is 23.4. The first-order valence-electron chi connectivity index (χ1n) is 13.6. The lowest BCUT2D eigenvalue weighted by molar-refractivity contribution is -0.149. The number of carbonyl (C=O) groups excluding carboxylic acids is 1. The van der Waals surface area contributed by atoms with E-state index in [-0.39, 0.29) is 39.2 Å². The zero-order chi connectivity index (χ0) is 30.4. The van der Waals surface area contributed by atoms with Crippen LogP contribution >= 0.6 is 0 Å². The number of esters is 1. The number of ether oxygens (including phenoxy) is 4. The van der Waals surface area contributed by atoms with Crippen LogP contribution in [0.15, 0.2) is 94.6 Å². The summed E-state index contributed by atoms with van der Waals surface area (Å²) >= 11 is 0. The van der Waals surface area contributed by atoms with Crippen LogP contribution in [0.1, 0.15) is 35.1 Å². The Kier molecular flexibility index (Phi) is 11.3. The summed E-state index contributed by atoms with van der Waals surface area (Å²) in [5.41, 5.74) is 2.08. The lowest BCUT2D eigenvalue weighted by Gasteiger charge is -2.11. The van der Waals surface area contributed by atoms with Gasteiger partial charge in [-0.2, -0.15) is 0 Å². The molecule has 0 aliphatic carbocycles. The van der Waals surface area contributed by atoms with Gasteiger partial charge in [0, 0.05) is 18.2 Å². The third-order valence-electron chi connectivity index (χ3n) is 6.22. The van der Waals surface area contributed by atoms with Crippen molar-refractivity contribution in [3.8, 4) is 11.5 Å². The molecular weight excluding hydrogens is 556 g/mol. The molecule has 1 heterocycles. The van der Waals surface area contributed by atoms with E-state index in [1.807, 2.05) is 78.9 Å². The summed E-state index contributed by atoms with van der Waals surface area (Å²) < 4.78 is 23.3. The molecular formula is C32H32N2O9. The van der Waals surface area contributed by atoms with Gasteiger partial charge in [0.1, 0.15) is 38.1 Å². The molecule has 0 bridgehead atoms. The topological polar surface area (TPSA) is 146 Å². The predicted molar refractivity (Wildman–Crippen MR) is 156 cm³/mol. The highest BCUT2D eigenvalue weighted by molar-refractivity contribution is 5.76. The number of aliphatic carboxylic acids is 1. The summed E-state index contributed by atoms with van der Waals surface area (Å²) in [6, 6.07) is 25.0. The van der Waals surface area contributed by atoms with Gasteiger partial charge < -0.3 is 24.1 Å². The van der Waals surface area contributed by atoms with E-state index in [9.17, 15) is 19.2 Å². The van der Waals surface area contributed by atoms with Crippen molar-refractivity contribution >= 4 is 11.9 Å². The monoisotopic (exact) mass is 588 g/mol. The van der Waals surface area contributed by atoms with E-state index in [2.05, 4.69) is 4.98 Å². The Morgan fingerprint density at radius 3 is 2.21 bits per heavy atom. The molecule has 0 fully saturated rings. The Bertz CT molecular complexity index is 1610. The molecule has 0 saturated heterocycles. The van der Waals surface area contributed by atoms with Gasteiger partial charge in [-0.05, 0) is 41.0 Å². The molecule has 0 atom stereocenters. The van der Waals surface area contributed by atoms with Crippen molar-refractivity contribution in [2.75, 3.05) is 13.2 Å². The molecule has 4 rings (SSSR count). The highest BCUT2D eigenvalue weighted by Gasteiger charge is 2.09. The predicted octanol–water partition coefficient (Wildman–Crippen LogP) is 3.67. The fourth-order valence-corrected chi connectivity index (χ4v) is 3.99. The molecule has 0 aliphatic rings. The summed E-state index contributed by atoms with van der Waals surface area (Å²) in [4.78, 5) is 48.9.